The first-order chi connectivity index (χ1) is 14.7. The molecule has 0 saturated heterocycles. The minimum Gasteiger partial charge on any atom is -0.411 e. The standard InChI is InChI=1S/C26H23N2OP/c1-21(27-29)22-17-19-23(20-18-22)28-30(24-11-5-2-6-12-24,25-13-7-3-8-14-25)26-15-9-4-10-16-26/h2-20,29H,1H3. The van der Waals surface area contributed by atoms with Crippen LogP contribution >= 0.6 is 7.05 Å². The van der Waals surface area contributed by atoms with Gasteiger partial charge in [-0.1, -0.05) is 108 Å². The van der Waals surface area contributed by atoms with Crippen molar-refractivity contribution in [3.63, 3.8) is 0 Å². The average molecular weight is 410 g/mol. The van der Waals surface area contributed by atoms with E-state index in [-0.39, 0.29) is 0 Å². The average Bonchev–Trinajstić information content (AvgIpc) is 2.84. The summed E-state index contributed by atoms with van der Waals surface area (Å²) in [6.45, 7) is 1.78. The number of hydrogen-bond acceptors (Lipinski definition) is 3. The van der Waals surface area contributed by atoms with Crippen LogP contribution < -0.4 is 15.9 Å². The minimum absolute atomic E-state index is 0.580. The van der Waals surface area contributed by atoms with Crippen molar-refractivity contribution in [3.8, 4) is 0 Å². The number of oxime groups is 1. The lowest BCUT2D eigenvalue weighted by molar-refractivity contribution is 0.319. The van der Waals surface area contributed by atoms with Gasteiger partial charge in [0.25, 0.3) is 0 Å². The Labute approximate surface area is 177 Å². The van der Waals surface area contributed by atoms with Crippen molar-refractivity contribution >= 4 is 34.4 Å². The fourth-order valence-electron chi connectivity index (χ4n) is 3.55. The molecule has 1 N–H and O–H groups in total. The SMILES string of the molecule is CC(=NO)c1ccc(N=P(c2ccccc2)(c2ccccc2)c2ccccc2)cc1. The van der Waals surface area contributed by atoms with E-state index in [1.165, 1.54) is 15.9 Å². The quantitative estimate of drug-likeness (QED) is 0.195. The smallest absolute Gasteiger partial charge is 0.0836 e. The van der Waals surface area contributed by atoms with Crippen LogP contribution in [0.1, 0.15) is 12.5 Å². The first kappa shape index (κ1) is 19.9. The molecule has 0 radical (unpaired) electrons. The maximum Gasteiger partial charge on any atom is 0.0836 e. The van der Waals surface area contributed by atoms with Crippen molar-refractivity contribution < 1.29 is 5.21 Å². The van der Waals surface area contributed by atoms with Gasteiger partial charge >= 0.3 is 0 Å². The Morgan fingerprint density at radius 1 is 0.600 bits per heavy atom. The molecule has 0 aliphatic heterocycles. The molecular weight excluding hydrogens is 387 g/mol. The molecule has 3 nitrogen and oxygen atoms in total. The van der Waals surface area contributed by atoms with E-state index in [1.807, 2.05) is 42.5 Å². The van der Waals surface area contributed by atoms with E-state index < -0.39 is 7.05 Å². The zero-order chi connectivity index (χ0) is 20.8. The molecule has 30 heavy (non-hydrogen) atoms. The van der Waals surface area contributed by atoms with Crippen LogP contribution in [0.25, 0.3) is 0 Å². The van der Waals surface area contributed by atoms with Gasteiger partial charge in [0.1, 0.15) is 0 Å². The molecule has 4 aromatic rings. The predicted molar refractivity (Wildman–Crippen MR) is 128 cm³/mol. The van der Waals surface area contributed by atoms with Gasteiger partial charge in [0.15, 0.2) is 0 Å². The van der Waals surface area contributed by atoms with E-state index in [4.69, 9.17) is 9.95 Å². The summed E-state index contributed by atoms with van der Waals surface area (Å²) in [5.74, 6) is 0. The minimum atomic E-state index is -2.28. The molecule has 0 amide bonds. The molecule has 0 spiro atoms. The topological polar surface area (TPSA) is 45.0 Å². The van der Waals surface area contributed by atoms with Crippen molar-refractivity contribution in [2.75, 3.05) is 0 Å². The molecule has 0 bridgehead atoms. The second-order valence-electron chi connectivity index (χ2n) is 6.97. The third-order valence-corrected chi connectivity index (χ3v) is 8.76. The molecule has 0 atom stereocenters. The number of nitrogens with zero attached hydrogens (tertiary/aromatic N) is 2. The van der Waals surface area contributed by atoms with E-state index in [9.17, 15) is 0 Å². The van der Waals surface area contributed by atoms with Gasteiger partial charge in [0, 0.05) is 15.9 Å². The summed E-state index contributed by atoms with van der Waals surface area (Å²) >= 11 is 0. The summed E-state index contributed by atoms with van der Waals surface area (Å²) in [6, 6.07) is 39.5. The lowest BCUT2D eigenvalue weighted by Crippen LogP contribution is -2.25. The molecule has 148 valence electrons. The molecule has 0 fully saturated rings. The van der Waals surface area contributed by atoms with Gasteiger partial charge in [-0.2, -0.15) is 0 Å². The third-order valence-electron chi connectivity index (χ3n) is 5.09. The summed E-state index contributed by atoms with van der Waals surface area (Å²) in [7, 11) is -2.28. The second-order valence-corrected chi connectivity index (χ2v) is 9.99. The van der Waals surface area contributed by atoms with Crippen molar-refractivity contribution in [2.45, 2.75) is 6.92 Å². The van der Waals surface area contributed by atoms with Crippen LogP contribution in [0, 0.1) is 0 Å². The molecule has 4 rings (SSSR count). The highest BCUT2D eigenvalue weighted by atomic mass is 31.2. The van der Waals surface area contributed by atoms with E-state index in [0.29, 0.717) is 5.71 Å². The monoisotopic (exact) mass is 410 g/mol. The first-order valence-electron chi connectivity index (χ1n) is 9.82. The lowest BCUT2D eigenvalue weighted by Gasteiger charge is -2.27. The fourth-order valence-corrected chi connectivity index (χ4v) is 7.08. The van der Waals surface area contributed by atoms with Crippen LogP contribution in [0.4, 0.5) is 5.69 Å². The van der Waals surface area contributed by atoms with E-state index in [1.54, 1.807) is 6.92 Å². The molecule has 4 aromatic carbocycles. The van der Waals surface area contributed by atoms with Gasteiger partial charge in [-0.05, 0) is 24.6 Å². The maximum absolute atomic E-state index is 9.06. The van der Waals surface area contributed by atoms with E-state index >= 15 is 0 Å². The number of rotatable bonds is 5. The van der Waals surface area contributed by atoms with Crippen LogP contribution in [0.5, 0.6) is 0 Å². The Morgan fingerprint density at radius 3 is 1.37 bits per heavy atom. The molecule has 4 heteroatoms. The van der Waals surface area contributed by atoms with Gasteiger partial charge < -0.3 is 5.21 Å². The van der Waals surface area contributed by atoms with Crippen LogP contribution in [0.2, 0.25) is 0 Å². The predicted octanol–water partition coefficient (Wildman–Crippen LogP) is 5.69. The van der Waals surface area contributed by atoms with Gasteiger partial charge in [0.2, 0.25) is 0 Å². The molecular formula is C26H23N2OP. The van der Waals surface area contributed by atoms with Crippen molar-refractivity contribution in [3.05, 3.63) is 121 Å². The normalized spacial score (nSPS) is 11.8. The highest BCUT2D eigenvalue weighted by Gasteiger charge is 2.27. The molecule has 0 aromatic heterocycles. The molecule has 0 heterocycles. The van der Waals surface area contributed by atoms with Crippen molar-refractivity contribution in [2.24, 2.45) is 9.90 Å². The largest absolute Gasteiger partial charge is 0.411 e. The van der Waals surface area contributed by atoms with Gasteiger partial charge in [-0.15, -0.1) is 0 Å². The summed E-state index contributed by atoms with van der Waals surface area (Å²) in [4.78, 5) is 0. The van der Waals surface area contributed by atoms with Crippen LogP contribution in [-0.4, -0.2) is 10.9 Å². The molecule has 0 saturated carbocycles. The molecule has 0 unspecified atom stereocenters. The maximum atomic E-state index is 9.06. The third kappa shape index (κ3) is 3.85. The van der Waals surface area contributed by atoms with Crippen molar-refractivity contribution in [1.82, 2.24) is 0 Å². The summed E-state index contributed by atoms with van der Waals surface area (Å²) < 4.78 is 5.44. The highest BCUT2D eigenvalue weighted by Crippen LogP contribution is 2.49. The van der Waals surface area contributed by atoms with Gasteiger partial charge in [0.05, 0.1) is 18.5 Å². The van der Waals surface area contributed by atoms with Crippen LogP contribution in [0.3, 0.4) is 0 Å². The Balaban J connectivity index is 2.04. The molecule has 0 aliphatic rings. The van der Waals surface area contributed by atoms with Crippen molar-refractivity contribution in [1.29, 1.82) is 0 Å². The Hall–Kier alpha value is -3.42. The molecule has 0 aliphatic carbocycles. The number of hydrogen-bond donors (Lipinski definition) is 1. The lowest BCUT2D eigenvalue weighted by atomic mass is 10.1. The van der Waals surface area contributed by atoms with Gasteiger partial charge in [-0.3, -0.25) is 4.74 Å². The second kappa shape index (κ2) is 8.94. The highest BCUT2D eigenvalue weighted by molar-refractivity contribution is 7.87. The first-order valence-corrected chi connectivity index (χ1v) is 11.6. The Bertz CT molecular complexity index is 1080. The Morgan fingerprint density at radius 2 is 1.00 bits per heavy atom. The summed E-state index contributed by atoms with van der Waals surface area (Å²) in [5, 5.41) is 16.0. The summed E-state index contributed by atoms with van der Waals surface area (Å²) in [6.07, 6.45) is 0. The zero-order valence-electron chi connectivity index (χ0n) is 16.8. The van der Waals surface area contributed by atoms with Crippen LogP contribution in [0.15, 0.2) is 125 Å². The van der Waals surface area contributed by atoms with Crippen LogP contribution in [-0.2, 0) is 0 Å². The number of benzene rings is 4. The summed E-state index contributed by atoms with van der Waals surface area (Å²) in [5.41, 5.74) is 2.35. The fraction of sp³-hybridized carbons (Fsp3) is 0.0385. The van der Waals surface area contributed by atoms with E-state index in [2.05, 4.69) is 78.0 Å². The zero-order valence-corrected chi connectivity index (χ0v) is 17.7. The van der Waals surface area contributed by atoms with E-state index in [0.717, 1.165) is 11.3 Å². The van der Waals surface area contributed by atoms with Gasteiger partial charge in [-0.25, -0.2) is 0 Å². The Kier molecular flexibility index (Phi) is 5.92.